The molecular formula is C24H40N4O. The Labute approximate surface area is 176 Å². The first kappa shape index (κ1) is 20.9. The van der Waals surface area contributed by atoms with Crippen LogP contribution in [0.5, 0.6) is 0 Å². The number of aryl methyl sites for hydroxylation is 2. The van der Waals surface area contributed by atoms with E-state index in [4.69, 9.17) is 5.10 Å². The molecule has 162 valence electrons. The molecule has 29 heavy (non-hydrogen) atoms. The summed E-state index contributed by atoms with van der Waals surface area (Å²) >= 11 is 0. The summed E-state index contributed by atoms with van der Waals surface area (Å²) in [6, 6.07) is 0. The van der Waals surface area contributed by atoms with E-state index in [2.05, 4.69) is 35.3 Å². The van der Waals surface area contributed by atoms with Gasteiger partial charge in [-0.05, 0) is 64.2 Å². The molecule has 1 spiro atoms. The normalized spacial score (nSPS) is 24.7. The molecule has 1 aromatic heterocycles. The molecule has 3 aliphatic rings. The standard InChI is InChI=1S/C24H40N4O/c1-4-28-20(3)22(19(2)25-28)17-26-16-21(24(18-26)12-6-5-7-13-24)10-11-23(29)27-14-8-9-15-27/h21H,4-18H2,1-3H3. The highest BCUT2D eigenvalue weighted by Gasteiger charge is 2.46. The number of hydrogen-bond donors (Lipinski definition) is 0. The van der Waals surface area contributed by atoms with Gasteiger partial charge in [0.05, 0.1) is 5.69 Å². The van der Waals surface area contributed by atoms with Crippen molar-refractivity contribution >= 4 is 5.91 Å². The van der Waals surface area contributed by atoms with Gasteiger partial charge in [-0.1, -0.05) is 19.3 Å². The van der Waals surface area contributed by atoms with Crippen LogP contribution >= 0.6 is 0 Å². The van der Waals surface area contributed by atoms with Gasteiger partial charge in [0.2, 0.25) is 5.91 Å². The molecule has 1 amide bonds. The number of hydrogen-bond acceptors (Lipinski definition) is 3. The molecule has 0 aromatic carbocycles. The molecule has 1 saturated carbocycles. The number of likely N-dealkylation sites (tertiary alicyclic amines) is 2. The van der Waals surface area contributed by atoms with Crippen molar-refractivity contribution < 1.29 is 4.79 Å². The highest BCUT2D eigenvalue weighted by molar-refractivity contribution is 5.76. The van der Waals surface area contributed by atoms with Crippen molar-refractivity contribution in [1.82, 2.24) is 19.6 Å². The van der Waals surface area contributed by atoms with Crippen LogP contribution < -0.4 is 0 Å². The predicted octanol–water partition coefficient (Wildman–Crippen LogP) is 4.30. The maximum Gasteiger partial charge on any atom is 0.222 e. The molecule has 3 heterocycles. The quantitative estimate of drug-likeness (QED) is 0.715. The second-order valence-corrected chi connectivity index (χ2v) is 9.88. The summed E-state index contributed by atoms with van der Waals surface area (Å²) in [6.45, 7) is 12.9. The molecule has 5 nitrogen and oxygen atoms in total. The van der Waals surface area contributed by atoms with Crippen LogP contribution in [0.15, 0.2) is 0 Å². The van der Waals surface area contributed by atoms with E-state index in [-0.39, 0.29) is 0 Å². The summed E-state index contributed by atoms with van der Waals surface area (Å²) in [5.41, 5.74) is 4.39. The molecule has 4 rings (SSSR count). The Kier molecular flexibility index (Phi) is 6.33. The van der Waals surface area contributed by atoms with Gasteiger partial charge in [0.25, 0.3) is 0 Å². The maximum absolute atomic E-state index is 12.7. The summed E-state index contributed by atoms with van der Waals surface area (Å²) < 4.78 is 2.14. The Bertz CT molecular complexity index is 713. The van der Waals surface area contributed by atoms with Gasteiger partial charge in [0, 0.05) is 56.9 Å². The number of amides is 1. The van der Waals surface area contributed by atoms with Gasteiger partial charge in [-0.2, -0.15) is 5.10 Å². The highest BCUT2D eigenvalue weighted by atomic mass is 16.2. The van der Waals surface area contributed by atoms with Crippen molar-refractivity contribution in [3.05, 3.63) is 17.0 Å². The van der Waals surface area contributed by atoms with Crippen molar-refractivity contribution in [2.24, 2.45) is 11.3 Å². The molecule has 0 bridgehead atoms. The van der Waals surface area contributed by atoms with E-state index in [1.165, 1.54) is 68.4 Å². The molecule has 0 N–H and O–H groups in total. The lowest BCUT2D eigenvalue weighted by atomic mass is 9.66. The lowest BCUT2D eigenvalue weighted by Gasteiger charge is -2.38. The summed E-state index contributed by atoms with van der Waals surface area (Å²) in [6.07, 6.45) is 11.1. The van der Waals surface area contributed by atoms with E-state index < -0.39 is 0 Å². The van der Waals surface area contributed by atoms with Gasteiger partial charge in [0.1, 0.15) is 0 Å². The number of nitrogens with zero attached hydrogens (tertiary/aromatic N) is 4. The Hall–Kier alpha value is -1.36. The van der Waals surface area contributed by atoms with Gasteiger partial charge < -0.3 is 4.90 Å². The Morgan fingerprint density at radius 3 is 2.48 bits per heavy atom. The number of carbonyl (C=O) groups excluding carboxylic acids is 1. The van der Waals surface area contributed by atoms with Crippen LogP contribution in [0.2, 0.25) is 0 Å². The molecule has 1 aliphatic carbocycles. The molecule has 1 atom stereocenters. The van der Waals surface area contributed by atoms with E-state index in [1.807, 2.05) is 0 Å². The van der Waals surface area contributed by atoms with E-state index in [9.17, 15) is 4.79 Å². The van der Waals surface area contributed by atoms with Crippen LogP contribution in [-0.2, 0) is 17.9 Å². The summed E-state index contributed by atoms with van der Waals surface area (Å²) in [5, 5.41) is 4.74. The van der Waals surface area contributed by atoms with Crippen LogP contribution in [0.4, 0.5) is 0 Å². The van der Waals surface area contributed by atoms with Crippen molar-refractivity contribution in [3.63, 3.8) is 0 Å². The second kappa shape index (κ2) is 8.79. The minimum atomic E-state index is 0.405. The zero-order valence-corrected chi connectivity index (χ0v) is 18.9. The van der Waals surface area contributed by atoms with Gasteiger partial charge >= 0.3 is 0 Å². The largest absolute Gasteiger partial charge is 0.343 e. The minimum absolute atomic E-state index is 0.405. The van der Waals surface area contributed by atoms with Crippen LogP contribution in [0.1, 0.15) is 81.7 Å². The third-order valence-electron chi connectivity index (χ3n) is 8.11. The third kappa shape index (κ3) is 4.26. The molecule has 2 aliphatic heterocycles. The van der Waals surface area contributed by atoms with Gasteiger partial charge in [-0.3, -0.25) is 14.4 Å². The van der Waals surface area contributed by atoms with E-state index in [1.54, 1.807) is 0 Å². The topological polar surface area (TPSA) is 41.4 Å². The average molecular weight is 401 g/mol. The van der Waals surface area contributed by atoms with Crippen molar-refractivity contribution in [2.75, 3.05) is 26.2 Å². The van der Waals surface area contributed by atoms with Crippen LogP contribution in [0, 0.1) is 25.2 Å². The molecule has 2 saturated heterocycles. The highest BCUT2D eigenvalue weighted by Crippen LogP contribution is 2.49. The van der Waals surface area contributed by atoms with Crippen LogP contribution in [-0.4, -0.2) is 51.7 Å². The summed E-state index contributed by atoms with van der Waals surface area (Å²) in [4.78, 5) is 17.5. The Morgan fingerprint density at radius 2 is 1.83 bits per heavy atom. The molecule has 3 fully saturated rings. The Morgan fingerprint density at radius 1 is 1.10 bits per heavy atom. The zero-order valence-electron chi connectivity index (χ0n) is 18.9. The number of carbonyl (C=O) groups is 1. The first-order valence-corrected chi connectivity index (χ1v) is 12.1. The maximum atomic E-state index is 12.7. The van der Waals surface area contributed by atoms with E-state index in [0.717, 1.165) is 45.6 Å². The second-order valence-electron chi connectivity index (χ2n) is 9.88. The fourth-order valence-corrected chi connectivity index (χ4v) is 6.40. The van der Waals surface area contributed by atoms with Gasteiger partial charge in [-0.25, -0.2) is 0 Å². The fourth-order valence-electron chi connectivity index (χ4n) is 6.40. The first-order chi connectivity index (χ1) is 14.0. The van der Waals surface area contributed by atoms with E-state index >= 15 is 0 Å². The van der Waals surface area contributed by atoms with Crippen LogP contribution in [0.3, 0.4) is 0 Å². The molecular weight excluding hydrogens is 360 g/mol. The molecule has 0 radical (unpaired) electrons. The Balaban J connectivity index is 1.44. The van der Waals surface area contributed by atoms with E-state index in [0.29, 0.717) is 17.2 Å². The van der Waals surface area contributed by atoms with Crippen molar-refractivity contribution in [3.8, 4) is 0 Å². The first-order valence-electron chi connectivity index (χ1n) is 12.1. The lowest BCUT2D eigenvalue weighted by molar-refractivity contribution is -0.130. The smallest absolute Gasteiger partial charge is 0.222 e. The SMILES string of the molecule is CCn1nc(C)c(CN2CC(CCC(=O)N3CCCC3)C3(CCCCC3)C2)c1C. The van der Waals surface area contributed by atoms with Crippen LogP contribution in [0.25, 0.3) is 0 Å². The number of aromatic nitrogens is 2. The minimum Gasteiger partial charge on any atom is -0.343 e. The average Bonchev–Trinajstić information content (AvgIpc) is 3.43. The predicted molar refractivity (Wildman–Crippen MR) is 117 cm³/mol. The summed E-state index contributed by atoms with van der Waals surface area (Å²) in [7, 11) is 0. The molecule has 1 unspecified atom stereocenters. The number of rotatable bonds is 6. The van der Waals surface area contributed by atoms with Crippen molar-refractivity contribution in [1.29, 1.82) is 0 Å². The van der Waals surface area contributed by atoms with Crippen molar-refractivity contribution in [2.45, 2.75) is 91.6 Å². The zero-order chi connectivity index (χ0) is 20.4. The molecule has 1 aromatic rings. The van der Waals surface area contributed by atoms with Gasteiger partial charge in [0.15, 0.2) is 0 Å². The summed E-state index contributed by atoms with van der Waals surface area (Å²) in [5.74, 6) is 1.08. The lowest BCUT2D eigenvalue weighted by Crippen LogP contribution is -2.34. The monoisotopic (exact) mass is 400 g/mol. The fraction of sp³-hybridized carbons (Fsp3) is 0.833. The molecule has 5 heteroatoms. The third-order valence-corrected chi connectivity index (χ3v) is 8.11. The van der Waals surface area contributed by atoms with Gasteiger partial charge in [-0.15, -0.1) is 0 Å².